The fourth-order valence-electron chi connectivity index (χ4n) is 4.42. The van der Waals surface area contributed by atoms with Crippen molar-refractivity contribution in [3.63, 3.8) is 0 Å². The molecular formula is C23H20F3N3O5. The summed E-state index contributed by atoms with van der Waals surface area (Å²) in [6.45, 7) is 2.08. The minimum atomic E-state index is -5.08. The Morgan fingerprint density at radius 1 is 0.971 bits per heavy atom. The summed E-state index contributed by atoms with van der Waals surface area (Å²) in [5, 5.41) is 12.9. The maximum Gasteiger partial charge on any atom is 0.490 e. The van der Waals surface area contributed by atoms with E-state index in [4.69, 9.17) is 9.90 Å². The van der Waals surface area contributed by atoms with Crippen LogP contribution < -0.4 is 10.6 Å². The largest absolute Gasteiger partial charge is 0.490 e. The van der Waals surface area contributed by atoms with Crippen molar-refractivity contribution in [2.75, 3.05) is 0 Å². The number of aliphatic carboxylic acids is 1. The van der Waals surface area contributed by atoms with E-state index >= 15 is 0 Å². The van der Waals surface area contributed by atoms with E-state index in [1.54, 1.807) is 4.90 Å². The molecule has 1 atom stereocenters. The summed E-state index contributed by atoms with van der Waals surface area (Å²) >= 11 is 0. The maximum atomic E-state index is 13.0. The van der Waals surface area contributed by atoms with Crippen molar-refractivity contribution in [3.05, 3.63) is 58.7 Å². The molecule has 0 bridgehead atoms. The quantitative estimate of drug-likeness (QED) is 0.575. The van der Waals surface area contributed by atoms with Crippen LogP contribution in [0.2, 0.25) is 0 Å². The summed E-state index contributed by atoms with van der Waals surface area (Å²) < 4.78 is 31.7. The summed E-state index contributed by atoms with van der Waals surface area (Å²) in [5.41, 5.74) is 6.38. The van der Waals surface area contributed by atoms with Crippen molar-refractivity contribution in [2.45, 2.75) is 44.7 Å². The van der Waals surface area contributed by atoms with Gasteiger partial charge in [0.25, 0.3) is 5.91 Å². The lowest BCUT2D eigenvalue weighted by Gasteiger charge is -2.29. The third kappa shape index (κ3) is 4.38. The molecule has 1 fully saturated rings. The molecule has 5 rings (SSSR count). The summed E-state index contributed by atoms with van der Waals surface area (Å²) in [6, 6.07) is 11.5. The molecule has 3 aliphatic rings. The molecule has 3 amide bonds. The Hall–Kier alpha value is -3.73. The Balaban J connectivity index is 0.000000344. The van der Waals surface area contributed by atoms with E-state index in [-0.39, 0.29) is 24.1 Å². The number of nitrogens with zero attached hydrogens (tertiary/aromatic N) is 1. The zero-order valence-corrected chi connectivity index (χ0v) is 17.7. The van der Waals surface area contributed by atoms with E-state index in [1.165, 1.54) is 11.1 Å². The van der Waals surface area contributed by atoms with Crippen LogP contribution in [-0.4, -0.2) is 45.9 Å². The van der Waals surface area contributed by atoms with Gasteiger partial charge in [-0.15, -0.1) is 0 Å². The predicted molar refractivity (Wildman–Crippen MR) is 112 cm³/mol. The highest BCUT2D eigenvalue weighted by molar-refractivity contribution is 6.06. The summed E-state index contributed by atoms with van der Waals surface area (Å²) in [6.07, 6.45) is -4.44. The number of halogens is 3. The highest BCUT2D eigenvalue weighted by Gasteiger charge is 2.40. The van der Waals surface area contributed by atoms with Gasteiger partial charge in [-0.05, 0) is 40.3 Å². The first-order chi connectivity index (χ1) is 16.1. The molecule has 0 saturated carbocycles. The zero-order chi connectivity index (χ0) is 24.6. The van der Waals surface area contributed by atoms with Crippen LogP contribution in [0.4, 0.5) is 13.2 Å². The normalized spacial score (nSPS) is 19.2. The average molecular weight is 475 g/mol. The fraction of sp³-hybridized carbons (Fsp3) is 0.304. The summed E-state index contributed by atoms with van der Waals surface area (Å²) in [4.78, 5) is 47.2. The number of piperidine rings is 1. The number of nitrogens with one attached hydrogen (secondary N) is 2. The second-order valence-electron chi connectivity index (χ2n) is 8.08. The predicted octanol–water partition coefficient (Wildman–Crippen LogP) is 2.35. The second-order valence-corrected chi connectivity index (χ2v) is 8.08. The van der Waals surface area contributed by atoms with Crippen LogP contribution in [0.1, 0.15) is 39.9 Å². The third-order valence-corrected chi connectivity index (χ3v) is 6.01. The smallest absolute Gasteiger partial charge is 0.475 e. The van der Waals surface area contributed by atoms with Gasteiger partial charge in [0.2, 0.25) is 11.8 Å². The Labute approximate surface area is 191 Å². The van der Waals surface area contributed by atoms with E-state index in [0.717, 1.165) is 29.8 Å². The van der Waals surface area contributed by atoms with Gasteiger partial charge in [-0.3, -0.25) is 19.7 Å². The zero-order valence-electron chi connectivity index (χ0n) is 17.7. The minimum absolute atomic E-state index is 0.132. The molecule has 0 aromatic heterocycles. The van der Waals surface area contributed by atoms with Gasteiger partial charge in [-0.25, -0.2) is 4.79 Å². The molecule has 3 N–H and O–H groups in total. The van der Waals surface area contributed by atoms with Gasteiger partial charge in [0.1, 0.15) is 6.04 Å². The molecule has 2 aromatic rings. The van der Waals surface area contributed by atoms with Crippen LogP contribution in [-0.2, 0) is 34.0 Å². The van der Waals surface area contributed by atoms with Crippen LogP contribution in [0.5, 0.6) is 0 Å². The number of benzene rings is 2. The topological polar surface area (TPSA) is 116 Å². The molecule has 178 valence electrons. The second kappa shape index (κ2) is 8.90. The molecule has 34 heavy (non-hydrogen) atoms. The van der Waals surface area contributed by atoms with Crippen molar-refractivity contribution in [1.29, 1.82) is 0 Å². The first-order valence-corrected chi connectivity index (χ1v) is 10.5. The number of imide groups is 1. The molecule has 3 aliphatic heterocycles. The molecule has 8 nitrogen and oxygen atoms in total. The number of hydrogen-bond acceptors (Lipinski definition) is 5. The van der Waals surface area contributed by atoms with Gasteiger partial charge in [0.15, 0.2) is 0 Å². The number of carboxylic acid groups (broad SMARTS) is 1. The van der Waals surface area contributed by atoms with Gasteiger partial charge in [-0.2, -0.15) is 13.2 Å². The molecule has 3 heterocycles. The van der Waals surface area contributed by atoms with Crippen LogP contribution in [0.25, 0.3) is 11.1 Å². The lowest BCUT2D eigenvalue weighted by atomic mass is 9.92. The summed E-state index contributed by atoms with van der Waals surface area (Å²) in [7, 11) is 0. The Morgan fingerprint density at radius 2 is 1.59 bits per heavy atom. The van der Waals surface area contributed by atoms with Gasteiger partial charge < -0.3 is 15.3 Å². The number of amides is 3. The van der Waals surface area contributed by atoms with Crippen molar-refractivity contribution in [3.8, 4) is 11.1 Å². The molecule has 2 aromatic carbocycles. The van der Waals surface area contributed by atoms with Gasteiger partial charge in [0, 0.05) is 31.6 Å². The van der Waals surface area contributed by atoms with Crippen LogP contribution in [0, 0.1) is 0 Å². The molecule has 1 saturated heterocycles. The number of fused-ring (bicyclic) bond motifs is 2. The van der Waals surface area contributed by atoms with Crippen molar-refractivity contribution < 1.29 is 37.5 Å². The monoisotopic (exact) mass is 475 g/mol. The van der Waals surface area contributed by atoms with E-state index < -0.39 is 18.2 Å². The first-order valence-electron chi connectivity index (χ1n) is 10.5. The van der Waals surface area contributed by atoms with Crippen LogP contribution in [0.15, 0.2) is 36.4 Å². The number of carbonyl (C=O) groups excluding carboxylic acids is 3. The summed E-state index contributed by atoms with van der Waals surface area (Å²) in [5.74, 6) is -3.54. The minimum Gasteiger partial charge on any atom is -0.475 e. The van der Waals surface area contributed by atoms with Crippen molar-refractivity contribution >= 4 is 23.7 Å². The maximum absolute atomic E-state index is 13.0. The standard InChI is InChI=1S/C21H19N3O3.C2HF3O2/c25-19-8-7-18(20(26)23-19)24-11-17-14(5-2-6-15(17)21(24)27)13-4-1-3-12-9-22-10-16(12)13;3-2(4,5)1(6)7/h1-6,18,22H,7-11H2,(H,23,25,26);(H,6,7). The molecule has 0 radical (unpaired) electrons. The van der Waals surface area contributed by atoms with Gasteiger partial charge in [-0.1, -0.05) is 30.3 Å². The van der Waals surface area contributed by atoms with Crippen molar-refractivity contribution in [2.24, 2.45) is 0 Å². The Bertz CT molecular complexity index is 1190. The highest BCUT2D eigenvalue weighted by Crippen LogP contribution is 2.37. The SMILES string of the molecule is O=C(O)C(F)(F)F.O=C1CCC(N2Cc3c(cccc3-c3cccc4c3CNC4)C2=O)C(=O)N1. The first kappa shape index (κ1) is 23.4. The third-order valence-electron chi connectivity index (χ3n) is 6.01. The van der Waals surface area contributed by atoms with Gasteiger partial charge in [0.05, 0.1) is 0 Å². The van der Waals surface area contributed by atoms with Crippen LogP contribution in [0.3, 0.4) is 0 Å². The van der Waals surface area contributed by atoms with E-state index in [9.17, 15) is 27.6 Å². The number of hydrogen-bond donors (Lipinski definition) is 3. The Morgan fingerprint density at radius 3 is 2.24 bits per heavy atom. The number of carboxylic acids is 1. The van der Waals surface area contributed by atoms with E-state index in [1.807, 2.05) is 18.2 Å². The molecular weight excluding hydrogens is 455 g/mol. The fourth-order valence-corrected chi connectivity index (χ4v) is 4.42. The lowest BCUT2D eigenvalue weighted by Crippen LogP contribution is -2.52. The lowest BCUT2D eigenvalue weighted by molar-refractivity contribution is -0.192. The van der Waals surface area contributed by atoms with E-state index in [0.29, 0.717) is 18.5 Å². The van der Waals surface area contributed by atoms with Crippen LogP contribution >= 0.6 is 0 Å². The molecule has 0 spiro atoms. The molecule has 11 heteroatoms. The molecule has 1 unspecified atom stereocenters. The molecule has 0 aliphatic carbocycles. The van der Waals surface area contributed by atoms with E-state index in [2.05, 4.69) is 28.8 Å². The number of alkyl halides is 3. The highest BCUT2D eigenvalue weighted by atomic mass is 19.4. The average Bonchev–Trinajstić information content (AvgIpc) is 3.38. The van der Waals surface area contributed by atoms with Gasteiger partial charge >= 0.3 is 12.1 Å². The van der Waals surface area contributed by atoms with Crippen molar-refractivity contribution in [1.82, 2.24) is 15.5 Å². The number of carbonyl (C=O) groups is 4. The number of rotatable bonds is 2. The Kier molecular flexibility index (Phi) is 6.13.